The fourth-order valence-electron chi connectivity index (χ4n) is 1.88. The van der Waals surface area contributed by atoms with E-state index in [9.17, 15) is 8.42 Å². The van der Waals surface area contributed by atoms with Gasteiger partial charge in [0, 0.05) is 4.47 Å². The molecule has 4 heteroatoms. The van der Waals surface area contributed by atoms with E-state index in [0.29, 0.717) is 5.75 Å². The molecule has 0 saturated carbocycles. The summed E-state index contributed by atoms with van der Waals surface area (Å²) >= 11 is 3.39. The van der Waals surface area contributed by atoms with Crippen LogP contribution in [0.4, 0.5) is 0 Å². The highest BCUT2D eigenvalue weighted by Crippen LogP contribution is 2.37. The molecule has 1 heterocycles. The van der Waals surface area contributed by atoms with Crippen molar-refractivity contribution >= 4 is 25.8 Å². The first-order valence-corrected chi connectivity index (χ1v) is 7.08. The van der Waals surface area contributed by atoms with E-state index in [2.05, 4.69) is 15.9 Å². The summed E-state index contributed by atoms with van der Waals surface area (Å²) < 4.78 is 24.3. The number of hydrogen-bond donors (Lipinski definition) is 0. The molecule has 0 bridgehead atoms. The lowest BCUT2D eigenvalue weighted by Gasteiger charge is -2.11. The van der Waals surface area contributed by atoms with Crippen LogP contribution >= 0.6 is 15.9 Å². The van der Waals surface area contributed by atoms with Crippen LogP contribution in [0, 0.1) is 0 Å². The quantitative estimate of drug-likeness (QED) is 0.789. The molecule has 1 saturated heterocycles. The molecule has 0 amide bonds. The van der Waals surface area contributed by atoms with E-state index in [-0.39, 0.29) is 5.25 Å². The average molecular weight is 275 g/mol. The van der Waals surface area contributed by atoms with Crippen molar-refractivity contribution in [3.8, 4) is 0 Å². The normalized spacial score (nSPS) is 25.1. The van der Waals surface area contributed by atoms with E-state index in [1.807, 2.05) is 24.3 Å². The zero-order valence-corrected chi connectivity index (χ0v) is 10.0. The Morgan fingerprint density at radius 2 is 2.00 bits per heavy atom. The summed E-state index contributed by atoms with van der Waals surface area (Å²) in [6.45, 7) is 0. The molecule has 14 heavy (non-hydrogen) atoms. The monoisotopic (exact) mass is 274 g/mol. The molecule has 0 N–H and O–H groups in total. The Balaban J connectivity index is 2.46. The second kappa shape index (κ2) is 3.66. The van der Waals surface area contributed by atoms with Gasteiger partial charge in [-0.3, -0.25) is 0 Å². The highest BCUT2D eigenvalue weighted by atomic mass is 79.9. The molecule has 0 aromatic heterocycles. The molecular formula is C10H11BrO2S. The van der Waals surface area contributed by atoms with E-state index >= 15 is 0 Å². The summed E-state index contributed by atoms with van der Waals surface area (Å²) in [5.74, 6) is 0.332. The first kappa shape index (κ1) is 10.2. The molecule has 1 aliphatic heterocycles. The van der Waals surface area contributed by atoms with Crippen LogP contribution in [0.5, 0.6) is 0 Å². The number of rotatable bonds is 1. The molecule has 2 nitrogen and oxygen atoms in total. The van der Waals surface area contributed by atoms with Crippen LogP contribution < -0.4 is 0 Å². The van der Waals surface area contributed by atoms with Crippen molar-refractivity contribution < 1.29 is 8.42 Å². The Bertz CT molecular complexity index is 439. The van der Waals surface area contributed by atoms with Crippen LogP contribution in [0.3, 0.4) is 0 Å². The van der Waals surface area contributed by atoms with Gasteiger partial charge in [-0.05, 0) is 24.5 Å². The zero-order chi connectivity index (χ0) is 10.2. The standard InChI is InChI=1S/C10H11BrO2S/c11-9-5-2-1-4-8(9)10-6-3-7-14(10,12)13/h1-2,4-5,10H,3,6-7H2. The highest BCUT2D eigenvalue weighted by Gasteiger charge is 2.33. The third kappa shape index (κ3) is 1.73. The number of benzene rings is 1. The van der Waals surface area contributed by atoms with E-state index in [1.54, 1.807) is 0 Å². The Morgan fingerprint density at radius 3 is 2.57 bits per heavy atom. The van der Waals surface area contributed by atoms with Crippen LogP contribution in [-0.4, -0.2) is 14.2 Å². The van der Waals surface area contributed by atoms with Crippen LogP contribution in [0.25, 0.3) is 0 Å². The van der Waals surface area contributed by atoms with Gasteiger partial charge in [-0.1, -0.05) is 34.1 Å². The second-order valence-electron chi connectivity index (χ2n) is 3.52. The fraction of sp³-hybridized carbons (Fsp3) is 0.400. The van der Waals surface area contributed by atoms with Crippen molar-refractivity contribution in [2.75, 3.05) is 5.75 Å². The summed E-state index contributed by atoms with van der Waals surface area (Å²) in [6.07, 6.45) is 1.54. The van der Waals surface area contributed by atoms with Gasteiger partial charge in [0.05, 0.1) is 11.0 Å². The summed E-state index contributed by atoms with van der Waals surface area (Å²) in [5.41, 5.74) is 0.907. The largest absolute Gasteiger partial charge is 0.228 e. The van der Waals surface area contributed by atoms with Gasteiger partial charge in [-0.2, -0.15) is 0 Å². The Morgan fingerprint density at radius 1 is 1.29 bits per heavy atom. The number of sulfone groups is 1. The third-order valence-corrected chi connectivity index (χ3v) is 5.52. The maximum atomic E-state index is 11.7. The Hall–Kier alpha value is -0.350. The molecule has 76 valence electrons. The smallest absolute Gasteiger partial charge is 0.157 e. The van der Waals surface area contributed by atoms with Crippen LogP contribution in [-0.2, 0) is 9.84 Å². The lowest BCUT2D eigenvalue weighted by molar-refractivity contribution is 0.592. The molecule has 0 radical (unpaired) electrons. The topological polar surface area (TPSA) is 34.1 Å². The summed E-state index contributed by atoms with van der Waals surface area (Å²) in [6, 6.07) is 7.56. The van der Waals surface area contributed by atoms with Gasteiger partial charge >= 0.3 is 0 Å². The first-order valence-electron chi connectivity index (χ1n) is 4.57. The molecule has 2 rings (SSSR count). The van der Waals surface area contributed by atoms with Gasteiger partial charge in [0.25, 0.3) is 0 Å². The van der Waals surface area contributed by atoms with Crippen molar-refractivity contribution in [2.24, 2.45) is 0 Å². The maximum Gasteiger partial charge on any atom is 0.157 e. The lowest BCUT2D eigenvalue weighted by atomic mass is 10.1. The van der Waals surface area contributed by atoms with Gasteiger partial charge in [0.2, 0.25) is 0 Å². The van der Waals surface area contributed by atoms with Gasteiger partial charge in [0.15, 0.2) is 9.84 Å². The van der Waals surface area contributed by atoms with E-state index < -0.39 is 9.84 Å². The molecule has 1 fully saturated rings. The van der Waals surface area contributed by atoms with Gasteiger partial charge in [-0.15, -0.1) is 0 Å². The summed E-state index contributed by atoms with van der Waals surface area (Å²) in [5, 5.41) is -0.293. The molecule has 1 aromatic rings. The van der Waals surface area contributed by atoms with Crippen LogP contribution in [0.15, 0.2) is 28.7 Å². The molecule has 0 spiro atoms. The Labute approximate surface area is 92.4 Å². The number of hydrogen-bond acceptors (Lipinski definition) is 2. The van der Waals surface area contributed by atoms with Crippen molar-refractivity contribution in [1.29, 1.82) is 0 Å². The van der Waals surface area contributed by atoms with Crippen LogP contribution in [0.1, 0.15) is 23.7 Å². The Kier molecular flexibility index (Phi) is 2.66. The minimum Gasteiger partial charge on any atom is -0.228 e. The van der Waals surface area contributed by atoms with Crippen molar-refractivity contribution in [2.45, 2.75) is 18.1 Å². The molecular weight excluding hydrogens is 264 g/mol. The predicted molar refractivity (Wildman–Crippen MR) is 59.9 cm³/mol. The lowest BCUT2D eigenvalue weighted by Crippen LogP contribution is -2.08. The maximum absolute atomic E-state index is 11.7. The minimum atomic E-state index is -2.89. The highest BCUT2D eigenvalue weighted by molar-refractivity contribution is 9.10. The molecule has 0 aliphatic carbocycles. The predicted octanol–water partition coefficient (Wildman–Crippen LogP) is 2.70. The van der Waals surface area contributed by atoms with Crippen molar-refractivity contribution in [3.05, 3.63) is 34.3 Å². The molecule has 1 atom stereocenters. The first-order chi connectivity index (χ1) is 6.61. The van der Waals surface area contributed by atoms with E-state index in [1.165, 1.54) is 0 Å². The zero-order valence-electron chi connectivity index (χ0n) is 7.61. The SMILES string of the molecule is O=S1(=O)CCCC1c1ccccc1Br. The van der Waals surface area contributed by atoms with Crippen molar-refractivity contribution in [3.63, 3.8) is 0 Å². The molecule has 1 aliphatic rings. The van der Waals surface area contributed by atoms with Gasteiger partial charge < -0.3 is 0 Å². The summed E-state index contributed by atoms with van der Waals surface area (Å²) in [4.78, 5) is 0. The third-order valence-electron chi connectivity index (χ3n) is 2.58. The van der Waals surface area contributed by atoms with Crippen LogP contribution in [0.2, 0.25) is 0 Å². The van der Waals surface area contributed by atoms with E-state index in [4.69, 9.17) is 0 Å². The van der Waals surface area contributed by atoms with E-state index in [0.717, 1.165) is 22.9 Å². The molecule has 1 aromatic carbocycles. The molecule has 1 unspecified atom stereocenters. The number of halogens is 1. The van der Waals surface area contributed by atoms with Gasteiger partial charge in [-0.25, -0.2) is 8.42 Å². The average Bonchev–Trinajstić information content (AvgIpc) is 2.46. The second-order valence-corrected chi connectivity index (χ2v) is 6.68. The summed E-state index contributed by atoms with van der Waals surface area (Å²) in [7, 11) is -2.89. The van der Waals surface area contributed by atoms with Crippen molar-refractivity contribution in [1.82, 2.24) is 0 Å². The minimum absolute atomic E-state index is 0.293. The fourth-order valence-corrected chi connectivity index (χ4v) is 4.56. The van der Waals surface area contributed by atoms with Gasteiger partial charge in [0.1, 0.15) is 0 Å².